The van der Waals surface area contributed by atoms with Gasteiger partial charge in [0.25, 0.3) is 11.5 Å². The van der Waals surface area contributed by atoms with Crippen molar-refractivity contribution in [3.63, 3.8) is 0 Å². The standard InChI is InChI=1S/C22H21N3O3/c1-24-11-5-10-19(22(24)28)21(27)23-17-12-20(26)25(14-17)13-16-8-4-7-15-6-2-3-9-18(15)16/h2-11,17H,12-14H2,1H3,(H,23,27)/t17-/m1/s1. The number of amides is 2. The van der Waals surface area contributed by atoms with Crippen LogP contribution in [-0.2, 0) is 18.4 Å². The van der Waals surface area contributed by atoms with E-state index in [0.29, 0.717) is 13.1 Å². The summed E-state index contributed by atoms with van der Waals surface area (Å²) in [6, 6.07) is 17.0. The van der Waals surface area contributed by atoms with Crippen LogP contribution < -0.4 is 10.9 Å². The lowest BCUT2D eigenvalue weighted by molar-refractivity contribution is -0.128. The summed E-state index contributed by atoms with van der Waals surface area (Å²) in [4.78, 5) is 38.8. The summed E-state index contributed by atoms with van der Waals surface area (Å²) in [7, 11) is 1.60. The van der Waals surface area contributed by atoms with Crippen molar-refractivity contribution in [3.05, 3.63) is 82.3 Å². The molecule has 1 aromatic heterocycles. The minimum Gasteiger partial charge on any atom is -0.347 e. The largest absolute Gasteiger partial charge is 0.347 e. The van der Waals surface area contributed by atoms with Crippen molar-refractivity contribution in [2.75, 3.05) is 6.54 Å². The maximum atomic E-state index is 12.5. The van der Waals surface area contributed by atoms with Crippen LogP contribution in [0.2, 0.25) is 0 Å². The monoisotopic (exact) mass is 375 g/mol. The van der Waals surface area contributed by atoms with Crippen LogP contribution in [0.25, 0.3) is 10.8 Å². The summed E-state index contributed by atoms with van der Waals surface area (Å²) in [6.07, 6.45) is 1.84. The Morgan fingerprint density at radius 1 is 1.07 bits per heavy atom. The first-order chi connectivity index (χ1) is 13.5. The van der Waals surface area contributed by atoms with Crippen LogP contribution in [0.4, 0.5) is 0 Å². The Morgan fingerprint density at radius 2 is 1.86 bits per heavy atom. The van der Waals surface area contributed by atoms with Crippen molar-refractivity contribution in [2.24, 2.45) is 7.05 Å². The SMILES string of the molecule is Cn1cccc(C(=O)N[C@@H]2CC(=O)N(Cc3cccc4ccccc34)C2)c1=O. The molecular formula is C22H21N3O3. The van der Waals surface area contributed by atoms with Gasteiger partial charge in [-0.15, -0.1) is 0 Å². The van der Waals surface area contributed by atoms with Crippen LogP contribution in [0.5, 0.6) is 0 Å². The van der Waals surface area contributed by atoms with Crippen molar-refractivity contribution < 1.29 is 9.59 Å². The molecule has 1 atom stereocenters. The second-order valence-electron chi connectivity index (χ2n) is 7.12. The Kier molecular flexibility index (Phi) is 4.69. The minimum atomic E-state index is -0.439. The lowest BCUT2D eigenvalue weighted by Gasteiger charge is -2.18. The van der Waals surface area contributed by atoms with Crippen LogP contribution >= 0.6 is 0 Å². The first-order valence-corrected chi connectivity index (χ1v) is 9.24. The van der Waals surface area contributed by atoms with Crippen LogP contribution in [0.3, 0.4) is 0 Å². The molecule has 1 saturated heterocycles. The Morgan fingerprint density at radius 3 is 2.71 bits per heavy atom. The van der Waals surface area contributed by atoms with E-state index in [4.69, 9.17) is 0 Å². The second kappa shape index (κ2) is 7.31. The van der Waals surface area contributed by atoms with Crippen molar-refractivity contribution in [1.29, 1.82) is 0 Å². The van der Waals surface area contributed by atoms with Gasteiger partial charge in [-0.25, -0.2) is 0 Å². The van der Waals surface area contributed by atoms with E-state index in [1.165, 1.54) is 10.6 Å². The molecule has 4 rings (SSSR count). The molecule has 6 heteroatoms. The van der Waals surface area contributed by atoms with E-state index >= 15 is 0 Å². The summed E-state index contributed by atoms with van der Waals surface area (Å²) >= 11 is 0. The number of nitrogens with one attached hydrogen (secondary N) is 1. The highest BCUT2D eigenvalue weighted by molar-refractivity contribution is 5.94. The normalized spacial score (nSPS) is 16.5. The number of carbonyl (C=O) groups excluding carboxylic acids is 2. The summed E-state index contributed by atoms with van der Waals surface area (Å²) < 4.78 is 1.36. The number of likely N-dealkylation sites (tertiary alicyclic amines) is 1. The van der Waals surface area contributed by atoms with E-state index in [0.717, 1.165) is 16.3 Å². The number of pyridine rings is 1. The highest BCUT2D eigenvalue weighted by Crippen LogP contribution is 2.22. The van der Waals surface area contributed by atoms with E-state index < -0.39 is 5.91 Å². The fraction of sp³-hybridized carbons (Fsp3) is 0.227. The van der Waals surface area contributed by atoms with Gasteiger partial charge < -0.3 is 14.8 Å². The molecule has 0 radical (unpaired) electrons. The van der Waals surface area contributed by atoms with Crippen molar-refractivity contribution >= 4 is 22.6 Å². The topological polar surface area (TPSA) is 71.4 Å². The fourth-order valence-corrected chi connectivity index (χ4v) is 3.69. The average Bonchev–Trinajstić information content (AvgIpc) is 3.03. The molecule has 0 saturated carbocycles. The second-order valence-corrected chi connectivity index (χ2v) is 7.12. The van der Waals surface area contributed by atoms with Gasteiger partial charge in [0.05, 0.1) is 6.04 Å². The van der Waals surface area contributed by atoms with Gasteiger partial charge in [0.15, 0.2) is 0 Å². The number of nitrogens with zero attached hydrogens (tertiary/aromatic N) is 2. The molecule has 2 aromatic carbocycles. The molecule has 1 fully saturated rings. The van der Waals surface area contributed by atoms with Gasteiger partial charge in [0.1, 0.15) is 5.56 Å². The van der Waals surface area contributed by atoms with Crippen LogP contribution in [0.15, 0.2) is 65.6 Å². The molecule has 0 spiro atoms. The molecule has 1 aliphatic heterocycles. The molecular weight excluding hydrogens is 354 g/mol. The summed E-state index contributed by atoms with van der Waals surface area (Å²) in [5.41, 5.74) is 0.817. The van der Waals surface area contributed by atoms with E-state index in [2.05, 4.69) is 11.4 Å². The summed E-state index contributed by atoms with van der Waals surface area (Å²) in [5, 5.41) is 5.09. The lowest BCUT2D eigenvalue weighted by Crippen LogP contribution is -2.40. The van der Waals surface area contributed by atoms with E-state index in [1.54, 1.807) is 24.2 Å². The number of aryl methyl sites for hydroxylation is 1. The Hall–Kier alpha value is -3.41. The number of aromatic nitrogens is 1. The molecule has 6 nitrogen and oxygen atoms in total. The molecule has 1 N–H and O–H groups in total. The van der Waals surface area contributed by atoms with Crippen LogP contribution in [-0.4, -0.2) is 33.9 Å². The Bertz CT molecular complexity index is 1110. The molecule has 0 aliphatic carbocycles. The molecule has 2 amide bonds. The maximum Gasteiger partial charge on any atom is 0.263 e. The Labute approximate surface area is 162 Å². The summed E-state index contributed by atoms with van der Waals surface area (Å²) in [5.74, 6) is -0.440. The first-order valence-electron chi connectivity index (χ1n) is 9.24. The predicted molar refractivity (Wildman–Crippen MR) is 107 cm³/mol. The molecule has 0 unspecified atom stereocenters. The van der Waals surface area contributed by atoms with Gasteiger partial charge >= 0.3 is 0 Å². The molecule has 28 heavy (non-hydrogen) atoms. The van der Waals surface area contributed by atoms with Gasteiger partial charge in [-0.2, -0.15) is 0 Å². The maximum absolute atomic E-state index is 12.5. The molecule has 142 valence electrons. The van der Waals surface area contributed by atoms with E-state index in [1.807, 2.05) is 36.4 Å². The van der Waals surface area contributed by atoms with Gasteiger partial charge in [-0.3, -0.25) is 14.4 Å². The number of fused-ring (bicyclic) bond motifs is 1. The fourth-order valence-electron chi connectivity index (χ4n) is 3.69. The predicted octanol–water partition coefficient (Wildman–Crippen LogP) is 2.07. The van der Waals surface area contributed by atoms with Crippen LogP contribution in [0, 0.1) is 0 Å². The zero-order valence-electron chi connectivity index (χ0n) is 15.6. The van der Waals surface area contributed by atoms with Crippen molar-refractivity contribution in [2.45, 2.75) is 19.0 Å². The van der Waals surface area contributed by atoms with E-state index in [9.17, 15) is 14.4 Å². The number of benzene rings is 2. The smallest absolute Gasteiger partial charge is 0.263 e. The van der Waals surface area contributed by atoms with Crippen LogP contribution in [0.1, 0.15) is 22.3 Å². The quantitative estimate of drug-likeness (QED) is 0.759. The highest BCUT2D eigenvalue weighted by atomic mass is 16.2. The zero-order valence-corrected chi connectivity index (χ0v) is 15.6. The third kappa shape index (κ3) is 3.41. The van der Waals surface area contributed by atoms with Gasteiger partial charge in [-0.1, -0.05) is 42.5 Å². The Balaban J connectivity index is 1.47. The third-order valence-corrected chi connectivity index (χ3v) is 5.16. The number of hydrogen-bond donors (Lipinski definition) is 1. The van der Waals surface area contributed by atoms with E-state index in [-0.39, 0.29) is 29.5 Å². The molecule has 0 bridgehead atoms. The van der Waals surface area contributed by atoms with Gasteiger partial charge in [-0.05, 0) is 28.5 Å². The zero-order chi connectivity index (χ0) is 19.7. The van der Waals surface area contributed by atoms with Crippen molar-refractivity contribution in [3.8, 4) is 0 Å². The third-order valence-electron chi connectivity index (χ3n) is 5.16. The highest BCUT2D eigenvalue weighted by Gasteiger charge is 2.31. The van der Waals surface area contributed by atoms with Gasteiger partial charge in [0, 0.05) is 32.8 Å². The molecule has 2 heterocycles. The summed E-state index contributed by atoms with van der Waals surface area (Å²) in [6.45, 7) is 0.931. The average molecular weight is 375 g/mol. The number of rotatable bonds is 4. The lowest BCUT2D eigenvalue weighted by atomic mass is 10.0. The first kappa shape index (κ1) is 18.0. The minimum absolute atomic E-state index is 0.000742. The molecule has 3 aromatic rings. The number of hydrogen-bond acceptors (Lipinski definition) is 3. The number of carbonyl (C=O) groups is 2. The van der Waals surface area contributed by atoms with Crippen molar-refractivity contribution in [1.82, 2.24) is 14.8 Å². The molecule has 1 aliphatic rings. The van der Waals surface area contributed by atoms with Gasteiger partial charge in [0.2, 0.25) is 5.91 Å².